The Morgan fingerprint density at radius 1 is 1.40 bits per heavy atom. The average Bonchev–Trinajstić information content (AvgIpc) is 1.87. The molecule has 0 aliphatic heterocycles. The maximum Gasteiger partial charge on any atom is 0.0662 e. The molecular weight excluding hydrogens is 126 g/mol. The lowest BCUT2D eigenvalue weighted by Crippen LogP contribution is -2.40. The van der Waals surface area contributed by atoms with Crippen LogP contribution in [-0.4, -0.2) is 23.3 Å². The Hall–Kier alpha value is -0.340. The Kier molecular flexibility index (Phi) is 4.32. The predicted octanol–water partition coefficient (Wildman–Crippen LogP) is 0.920. The molecule has 3 unspecified atom stereocenters. The second kappa shape index (κ2) is 4.47. The molecule has 0 aliphatic rings. The summed E-state index contributed by atoms with van der Waals surface area (Å²) in [5.74, 6) is 0. The van der Waals surface area contributed by atoms with Gasteiger partial charge < -0.3 is 10.4 Å². The Morgan fingerprint density at radius 2 is 1.90 bits per heavy atom. The predicted molar refractivity (Wildman–Crippen MR) is 43.9 cm³/mol. The van der Waals surface area contributed by atoms with E-state index in [2.05, 4.69) is 11.9 Å². The number of hydrogen-bond donors (Lipinski definition) is 2. The van der Waals surface area contributed by atoms with Gasteiger partial charge >= 0.3 is 0 Å². The smallest absolute Gasteiger partial charge is 0.0662 e. The Morgan fingerprint density at radius 3 is 2.20 bits per heavy atom. The number of aliphatic hydroxyl groups excluding tert-OH is 1. The average molecular weight is 143 g/mol. The van der Waals surface area contributed by atoms with E-state index >= 15 is 0 Å². The zero-order valence-electron chi connectivity index (χ0n) is 6.96. The normalized spacial score (nSPS) is 19.6. The summed E-state index contributed by atoms with van der Waals surface area (Å²) in [6, 6.07) is 0.401. The fourth-order valence-corrected chi connectivity index (χ4v) is 0.622. The third-order valence-electron chi connectivity index (χ3n) is 1.60. The van der Waals surface area contributed by atoms with Crippen molar-refractivity contribution >= 4 is 0 Å². The van der Waals surface area contributed by atoms with Crippen LogP contribution in [0.3, 0.4) is 0 Å². The van der Waals surface area contributed by atoms with Gasteiger partial charge in [0.15, 0.2) is 0 Å². The van der Waals surface area contributed by atoms with Gasteiger partial charge in [-0.15, -0.1) is 6.58 Å². The van der Waals surface area contributed by atoms with Crippen molar-refractivity contribution in [2.45, 2.75) is 39.0 Å². The van der Waals surface area contributed by atoms with E-state index < -0.39 is 0 Å². The van der Waals surface area contributed by atoms with Gasteiger partial charge in [0.2, 0.25) is 0 Å². The van der Waals surface area contributed by atoms with E-state index in [0.29, 0.717) is 0 Å². The minimum atomic E-state index is -0.303. The first-order chi connectivity index (χ1) is 4.57. The minimum absolute atomic E-state index is 0.132. The Bertz CT molecular complexity index is 101. The van der Waals surface area contributed by atoms with Gasteiger partial charge in [0, 0.05) is 12.1 Å². The topological polar surface area (TPSA) is 32.3 Å². The fourth-order valence-electron chi connectivity index (χ4n) is 0.622. The van der Waals surface area contributed by atoms with E-state index in [9.17, 15) is 0 Å². The van der Waals surface area contributed by atoms with Crippen LogP contribution < -0.4 is 5.32 Å². The molecule has 0 rings (SSSR count). The van der Waals surface area contributed by atoms with E-state index in [1.807, 2.05) is 19.9 Å². The molecule has 0 aromatic carbocycles. The third kappa shape index (κ3) is 3.64. The molecule has 0 saturated heterocycles. The number of aliphatic hydroxyl groups is 1. The van der Waals surface area contributed by atoms with Crippen LogP contribution in [0.1, 0.15) is 20.8 Å². The minimum Gasteiger partial charge on any atom is -0.392 e. The zero-order chi connectivity index (χ0) is 8.15. The van der Waals surface area contributed by atoms with Crippen LogP contribution in [0.15, 0.2) is 12.7 Å². The molecule has 0 aromatic rings. The Balaban J connectivity index is 3.56. The zero-order valence-corrected chi connectivity index (χ0v) is 6.96. The molecule has 3 atom stereocenters. The van der Waals surface area contributed by atoms with E-state index in [1.54, 1.807) is 6.92 Å². The van der Waals surface area contributed by atoms with Gasteiger partial charge in [0.25, 0.3) is 0 Å². The van der Waals surface area contributed by atoms with Crippen LogP contribution in [0.5, 0.6) is 0 Å². The van der Waals surface area contributed by atoms with E-state index in [-0.39, 0.29) is 18.2 Å². The highest BCUT2D eigenvalue weighted by Gasteiger charge is 2.08. The second-order valence-electron chi connectivity index (χ2n) is 2.72. The van der Waals surface area contributed by atoms with Crippen LogP contribution in [0, 0.1) is 0 Å². The first-order valence-electron chi connectivity index (χ1n) is 3.64. The highest BCUT2D eigenvalue weighted by Crippen LogP contribution is 1.93. The van der Waals surface area contributed by atoms with Crippen molar-refractivity contribution in [2.75, 3.05) is 0 Å². The molecule has 0 aliphatic carbocycles. The summed E-state index contributed by atoms with van der Waals surface area (Å²) >= 11 is 0. The lowest BCUT2D eigenvalue weighted by atomic mass is 10.2. The standard InChI is InChI=1S/C8H17NO/c1-5-6(2)9-7(3)8(4)10/h5-10H,1H2,2-4H3. The molecule has 0 bridgehead atoms. The van der Waals surface area contributed by atoms with Crippen LogP contribution in [0.4, 0.5) is 0 Å². The summed E-state index contributed by atoms with van der Waals surface area (Å²) < 4.78 is 0. The van der Waals surface area contributed by atoms with E-state index in [4.69, 9.17) is 5.11 Å². The van der Waals surface area contributed by atoms with Crippen molar-refractivity contribution in [1.82, 2.24) is 5.32 Å². The summed E-state index contributed by atoms with van der Waals surface area (Å²) in [4.78, 5) is 0. The van der Waals surface area contributed by atoms with Gasteiger partial charge in [-0.3, -0.25) is 0 Å². The van der Waals surface area contributed by atoms with Gasteiger partial charge in [-0.25, -0.2) is 0 Å². The van der Waals surface area contributed by atoms with Gasteiger partial charge in [0.05, 0.1) is 6.10 Å². The van der Waals surface area contributed by atoms with E-state index in [0.717, 1.165) is 0 Å². The largest absolute Gasteiger partial charge is 0.392 e. The molecule has 0 heterocycles. The molecule has 2 nitrogen and oxygen atoms in total. The van der Waals surface area contributed by atoms with Gasteiger partial charge in [-0.1, -0.05) is 6.08 Å². The molecule has 0 aromatic heterocycles. The molecule has 60 valence electrons. The number of nitrogens with one attached hydrogen (secondary N) is 1. The maximum absolute atomic E-state index is 9.07. The van der Waals surface area contributed by atoms with E-state index in [1.165, 1.54) is 0 Å². The molecular formula is C8H17NO. The molecule has 0 saturated carbocycles. The first kappa shape index (κ1) is 9.66. The van der Waals surface area contributed by atoms with Crippen molar-refractivity contribution in [3.05, 3.63) is 12.7 Å². The quantitative estimate of drug-likeness (QED) is 0.573. The highest BCUT2D eigenvalue weighted by molar-refractivity contribution is 4.84. The van der Waals surface area contributed by atoms with Crippen molar-refractivity contribution in [2.24, 2.45) is 0 Å². The summed E-state index contributed by atoms with van der Waals surface area (Å²) in [5.41, 5.74) is 0. The molecule has 0 spiro atoms. The summed E-state index contributed by atoms with van der Waals surface area (Å²) in [5, 5.41) is 12.2. The van der Waals surface area contributed by atoms with Gasteiger partial charge in [-0.2, -0.15) is 0 Å². The van der Waals surface area contributed by atoms with Crippen LogP contribution in [0.2, 0.25) is 0 Å². The molecule has 0 radical (unpaired) electrons. The van der Waals surface area contributed by atoms with Gasteiger partial charge in [0.1, 0.15) is 0 Å². The SMILES string of the molecule is C=CC(C)NC(C)C(C)O. The summed E-state index contributed by atoms with van der Waals surface area (Å²) in [7, 11) is 0. The maximum atomic E-state index is 9.07. The third-order valence-corrected chi connectivity index (χ3v) is 1.60. The molecule has 10 heavy (non-hydrogen) atoms. The van der Waals surface area contributed by atoms with Gasteiger partial charge in [-0.05, 0) is 20.8 Å². The van der Waals surface area contributed by atoms with Crippen molar-refractivity contribution in [3.8, 4) is 0 Å². The molecule has 0 amide bonds. The summed E-state index contributed by atoms with van der Waals surface area (Å²) in [6.07, 6.45) is 1.52. The fraction of sp³-hybridized carbons (Fsp3) is 0.750. The lowest BCUT2D eigenvalue weighted by Gasteiger charge is -2.19. The van der Waals surface area contributed by atoms with Crippen molar-refractivity contribution < 1.29 is 5.11 Å². The number of rotatable bonds is 4. The number of hydrogen-bond acceptors (Lipinski definition) is 2. The molecule has 2 heteroatoms. The summed E-state index contributed by atoms with van der Waals surface area (Å²) in [6.45, 7) is 9.36. The van der Waals surface area contributed by atoms with Crippen LogP contribution in [0.25, 0.3) is 0 Å². The van der Waals surface area contributed by atoms with Crippen molar-refractivity contribution in [3.63, 3.8) is 0 Å². The van der Waals surface area contributed by atoms with Crippen LogP contribution >= 0.6 is 0 Å². The molecule has 2 N–H and O–H groups in total. The monoisotopic (exact) mass is 143 g/mol. The first-order valence-corrected chi connectivity index (χ1v) is 3.64. The molecule has 0 fully saturated rings. The van der Waals surface area contributed by atoms with Crippen LogP contribution in [-0.2, 0) is 0 Å². The lowest BCUT2D eigenvalue weighted by molar-refractivity contribution is 0.150. The highest BCUT2D eigenvalue weighted by atomic mass is 16.3. The Labute approximate surface area is 62.9 Å². The van der Waals surface area contributed by atoms with Crippen molar-refractivity contribution in [1.29, 1.82) is 0 Å². The second-order valence-corrected chi connectivity index (χ2v) is 2.72.